The van der Waals surface area contributed by atoms with Crippen LogP contribution in [-0.4, -0.2) is 10.9 Å². The summed E-state index contributed by atoms with van der Waals surface area (Å²) < 4.78 is 0. The Morgan fingerprint density at radius 1 is 1.54 bits per heavy atom. The van der Waals surface area contributed by atoms with E-state index in [4.69, 9.17) is 5.73 Å². The van der Waals surface area contributed by atoms with Crippen molar-refractivity contribution in [2.75, 3.05) is 5.73 Å². The highest BCUT2D eigenvalue weighted by molar-refractivity contribution is 6.00. The minimum absolute atomic E-state index is 0.0899. The number of ketones is 1. The van der Waals surface area contributed by atoms with Gasteiger partial charge in [-0.15, -0.1) is 0 Å². The Labute approximate surface area is 77.2 Å². The lowest BCUT2D eigenvalue weighted by atomic mass is 10.0. The highest BCUT2D eigenvalue weighted by atomic mass is 16.3. The van der Waals surface area contributed by atoms with Crippen molar-refractivity contribution in [1.29, 1.82) is 0 Å². The van der Waals surface area contributed by atoms with Gasteiger partial charge in [0.25, 0.3) is 0 Å². The number of benzene rings is 1. The number of phenols is 1. The van der Waals surface area contributed by atoms with E-state index in [1.54, 1.807) is 19.1 Å². The normalized spacial score (nSPS) is 10.0. The number of carbonyl (C=O) groups is 1. The lowest BCUT2D eigenvalue weighted by molar-refractivity contribution is 0.0985. The van der Waals surface area contributed by atoms with Gasteiger partial charge in [-0.3, -0.25) is 4.79 Å². The molecule has 0 saturated heterocycles. The molecule has 0 saturated carbocycles. The zero-order valence-electron chi connectivity index (χ0n) is 7.79. The average Bonchev–Trinajstić information content (AvgIpc) is 2.10. The van der Waals surface area contributed by atoms with Crippen molar-refractivity contribution in [2.45, 2.75) is 20.3 Å². The van der Waals surface area contributed by atoms with E-state index in [9.17, 15) is 9.90 Å². The molecule has 3 N–H and O–H groups in total. The van der Waals surface area contributed by atoms with Crippen molar-refractivity contribution in [3.8, 4) is 5.75 Å². The highest BCUT2D eigenvalue weighted by Crippen LogP contribution is 2.27. The molecule has 0 bridgehead atoms. The second-order valence-electron chi connectivity index (χ2n) is 3.03. The molecule has 0 aromatic heterocycles. The largest absolute Gasteiger partial charge is 0.505 e. The molecule has 0 fully saturated rings. The first kappa shape index (κ1) is 9.58. The van der Waals surface area contributed by atoms with Crippen molar-refractivity contribution < 1.29 is 9.90 Å². The van der Waals surface area contributed by atoms with Gasteiger partial charge in [0, 0.05) is 6.42 Å². The van der Waals surface area contributed by atoms with E-state index in [0.717, 1.165) is 5.56 Å². The van der Waals surface area contributed by atoms with Crippen LogP contribution in [0.25, 0.3) is 0 Å². The zero-order valence-corrected chi connectivity index (χ0v) is 7.79. The maximum Gasteiger partial charge on any atom is 0.166 e. The third-order valence-corrected chi connectivity index (χ3v) is 1.91. The number of aromatic hydroxyl groups is 1. The van der Waals surface area contributed by atoms with E-state index in [1.165, 1.54) is 0 Å². The molecule has 1 aromatic carbocycles. The molecular weight excluding hydrogens is 166 g/mol. The van der Waals surface area contributed by atoms with Crippen molar-refractivity contribution in [3.05, 3.63) is 23.3 Å². The van der Waals surface area contributed by atoms with Crippen LogP contribution in [-0.2, 0) is 0 Å². The first-order valence-corrected chi connectivity index (χ1v) is 4.18. The van der Waals surface area contributed by atoms with Gasteiger partial charge in [0.05, 0.1) is 11.3 Å². The molecule has 0 aliphatic rings. The summed E-state index contributed by atoms with van der Waals surface area (Å²) in [4.78, 5) is 11.3. The van der Waals surface area contributed by atoms with E-state index in [0.29, 0.717) is 12.0 Å². The smallest absolute Gasteiger partial charge is 0.166 e. The second kappa shape index (κ2) is 3.47. The number of hydrogen-bond donors (Lipinski definition) is 2. The number of phenolic OH excluding ortho intramolecular Hbond substituents is 1. The summed E-state index contributed by atoms with van der Waals surface area (Å²) in [5, 5.41) is 9.48. The summed E-state index contributed by atoms with van der Waals surface area (Å²) in [6.07, 6.45) is 0.371. The van der Waals surface area contributed by atoms with Crippen LogP contribution in [0.2, 0.25) is 0 Å². The summed E-state index contributed by atoms with van der Waals surface area (Å²) in [7, 11) is 0. The number of hydrogen-bond acceptors (Lipinski definition) is 3. The fraction of sp³-hybridized carbons (Fsp3) is 0.300. The molecule has 0 spiro atoms. The molecule has 1 rings (SSSR count). The van der Waals surface area contributed by atoms with Gasteiger partial charge in [0.15, 0.2) is 5.78 Å². The topological polar surface area (TPSA) is 63.3 Å². The van der Waals surface area contributed by atoms with E-state index in [-0.39, 0.29) is 17.2 Å². The van der Waals surface area contributed by atoms with Crippen LogP contribution in [0.1, 0.15) is 29.3 Å². The molecule has 13 heavy (non-hydrogen) atoms. The summed E-state index contributed by atoms with van der Waals surface area (Å²) in [5.74, 6) is -0.189. The maximum absolute atomic E-state index is 11.3. The lowest BCUT2D eigenvalue weighted by Gasteiger charge is -2.06. The Balaban J connectivity index is 3.28. The predicted octanol–water partition coefficient (Wildman–Crippen LogP) is 1.88. The third kappa shape index (κ3) is 1.80. The molecule has 3 heteroatoms. The number of Topliss-reactive ketones (excluding diaryl/α,β-unsaturated/α-hetero) is 1. The molecule has 0 heterocycles. The summed E-state index contributed by atoms with van der Waals surface area (Å²) >= 11 is 0. The number of nitrogens with two attached hydrogens (primary N) is 1. The van der Waals surface area contributed by atoms with Gasteiger partial charge in [-0.1, -0.05) is 6.92 Å². The molecule has 0 aliphatic carbocycles. The first-order valence-electron chi connectivity index (χ1n) is 4.18. The molecular formula is C10H13NO2. The third-order valence-electron chi connectivity index (χ3n) is 1.91. The Bertz CT molecular complexity index is 345. The average molecular weight is 179 g/mol. The number of rotatable bonds is 2. The number of anilines is 1. The Morgan fingerprint density at radius 3 is 2.69 bits per heavy atom. The zero-order chi connectivity index (χ0) is 10.0. The maximum atomic E-state index is 11.3. The highest BCUT2D eigenvalue weighted by Gasteiger charge is 2.11. The van der Waals surface area contributed by atoms with Crippen LogP contribution in [0.5, 0.6) is 5.75 Å². The number of nitrogen functional groups attached to an aromatic ring is 1. The van der Waals surface area contributed by atoms with E-state index in [2.05, 4.69) is 0 Å². The van der Waals surface area contributed by atoms with Gasteiger partial charge >= 0.3 is 0 Å². The number of aryl methyl sites for hydroxylation is 1. The minimum atomic E-state index is -0.0996. The first-order chi connectivity index (χ1) is 6.06. The van der Waals surface area contributed by atoms with Crippen LogP contribution in [0, 0.1) is 6.92 Å². The van der Waals surface area contributed by atoms with Crippen molar-refractivity contribution in [2.24, 2.45) is 0 Å². The van der Waals surface area contributed by atoms with Gasteiger partial charge in [-0.2, -0.15) is 0 Å². The van der Waals surface area contributed by atoms with Gasteiger partial charge < -0.3 is 10.8 Å². The van der Waals surface area contributed by atoms with Gasteiger partial charge in [0.2, 0.25) is 0 Å². The van der Waals surface area contributed by atoms with Gasteiger partial charge in [-0.25, -0.2) is 0 Å². The molecule has 0 radical (unpaired) electrons. The number of carbonyl (C=O) groups excluding carboxylic acids is 1. The van der Waals surface area contributed by atoms with Crippen molar-refractivity contribution in [3.63, 3.8) is 0 Å². The van der Waals surface area contributed by atoms with Crippen LogP contribution in [0.4, 0.5) is 5.69 Å². The summed E-state index contributed by atoms with van der Waals surface area (Å²) in [6, 6.07) is 3.29. The minimum Gasteiger partial charge on any atom is -0.505 e. The summed E-state index contributed by atoms with van der Waals surface area (Å²) in [6.45, 7) is 3.59. The molecule has 0 unspecified atom stereocenters. The molecule has 1 aromatic rings. The van der Waals surface area contributed by atoms with E-state index < -0.39 is 0 Å². The van der Waals surface area contributed by atoms with Crippen LogP contribution in [0.15, 0.2) is 12.1 Å². The molecule has 0 aliphatic heterocycles. The monoisotopic (exact) mass is 179 g/mol. The van der Waals surface area contributed by atoms with Crippen molar-refractivity contribution >= 4 is 11.5 Å². The van der Waals surface area contributed by atoms with Crippen LogP contribution < -0.4 is 5.73 Å². The quantitative estimate of drug-likeness (QED) is 0.414. The Morgan fingerprint density at radius 2 is 2.15 bits per heavy atom. The Kier molecular flexibility index (Phi) is 2.56. The fourth-order valence-electron chi connectivity index (χ4n) is 1.21. The van der Waals surface area contributed by atoms with Gasteiger partial charge in [-0.05, 0) is 24.6 Å². The predicted molar refractivity (Wildman–Crippen MR) is 51.9 cm³/mol. The SMILES string of the molecule is CCC(=O)c1cc(C)cc(N)c1O. The van der Waals surface area contributed by atoms with Gasteiger partial charge in [0.1, 0.15) is 5.75 Å². The molecule has 0 atom stereocenters. The Hall–Kier alpha value is -1.51. The lowest BCUT2D eigenvalue weighted by Crippen LogP contribution is -2.00. The van der Waals surface area contributed by atoms with E-state index >= 15 is 0 Å². The fourth-order valence-corrected chi connectivity index (χ4v) is 1.21. The standard InChI is InChI=1S/C10H13NO2/c1-3-9(12)7-4-6(2)5-8(11)10(7)13/h4-5,13H,3,11H2,1-2H3. The molecule has 70 valence electrons. The summed E-state index contributed by atoms with van der Waals surface area (Å²) in [5.41, 5.74) is 6.97. The second-order valence-corrected chi connectivity index (χ2v) is 3.03. The molecule has 0 amide bonds. The van der Waals surface area contributed by atoms with Crippen LogP contribution in [0.3, 0.4) is 0 Å². The molecule has 3 nitrogen and oxygen atoms in total. The van der Waals surface area contributed by atoms with Crippen LogP contribution >= 0.6 is 0 Å². The van der Waals surface area contributed by atoms with E-state index in [1.807, 2.05) is 6.92 Å². The van der Waals surface area contributed by atoms with Crippen molar-refractivity contribution in [1.82, 2.24) is 0 Å².